The first-order valence-electron chi connectivity index (χ1n) is 11.8. The fourth-order valence-corrected chi connectivity index (χ4v) is 5.30. The predicted molar refractivity (Wildman–Crippen MR) is 155 cm³/mol. The number of amides is 3. The van der Waals surface area contributed by atoms with Crippen molar-refractivity contribution in [2.24, 2.45) is 0 Å². The van der Waals surface area contributed by atoms with Gasteiger partial charge in [0.15, 0.2) is 18.1 Å². The number of hydrogen-bond donors (Lipinski definition) is 1. The van der Waals surface area contributed by atoms with Crippen molar-refractivity contribution in [1.29, 1.82) is 0 Å². The number of imide groups is 1. The number of rotatable bonds is 10. The molecule has 0 spiro atoms. The largest absolute Gasteiger partial charge is 0.490 e. The Kier molecular flexibility index (Phi) is 9.37. The Hall–Kier alpha value is -3.98. The van der Waals surface area contributed by atoms with Crippen molar-refractivity contribution >= 4 is 68.9 Å². The zero-order chi connectivity index (χ0) is 28.8. The van der Waals surface area contributed by atoms with E-state index in [0.29, 0.717) is 38.5 Å². The quantitative estimate of drug-likeness (QED) is 0.120. The van der Waals surface area contributed by atoms with Crippen LogP contribution in [0.3, 0.4) is 0 Å². The van der Waals surface area contributed by atoms with Gasteiger partial charge in [-0.25, -0.2) is 4.39 Å². The highest BCUT2D eigenvalue weighted by molar-refractivity contribution is 14.1. The molecule has 0 bridgehead atoms. The van der Waals surface area contributed by atoms with Gasteiger partial charge in [0, 0.05) is 17.8 Å². The third-order valence-corrected chi connectivity index (χ3v) is 7.15. The lowest BCUT2D eigenvalue weighted by atomic mass is 10.1. The molecule has 0 atom stereocenters. The second-order valence-corrected chi connectivity index (χ2v) is 10.5. The van der Waals surface area contributed by atoms with Crippen LogP contribution in [0.2, 0.25) is 0 Å². The SMILES string of the molecule is CCOc1cc(/C=C2/SC(=O)N(Cc3cccc([N+](=O)[O-])c3)C2=O)cc(I)c1OCC(=O)Nc1ccc(F)cc1. The Morgan fingerprint density at radius 3 is 2.60 bits per heavy atom. The molecule has 0 radical (unpaired) electrons. The topological polar surface area (TPSA) is 128 Å². The highest BCUT2D eigenvalue weighted by Crippen LogP contribution is 2.38. The second-order valence-electron chi connectivity index (χ2n) is 8.30. The lowest BCUT2D eigenvalue weighted by Gasteiger charge is -2.15. The molecule has 3 aromatic carbocycles. The molecular formula is C27H21FIN3O7S. The van der Waals surface area contributed by atoms with E-state index in [1.165, 1.54) is 42.5 Å². The van der Waals surface area contributed by atoms with E-state index in [1.807, 2.05) is 22.6 Å². The molecular weight excluding hydrogens is 656 g/mol. The number of carbonyl (C=O) groups is 3. The number of nitro groups is 1. The number of carbonyl (C=O) groups excluding carboxylic acids is 3. The average molecular weight is 677 g/mol. The number of nitro benzene ring substituents is 1. The van der Waals surface area contributed by atoms with Crippen LogP contribution in [0.25, 0.3) is 6.08 Å². The minimum Gasteiger partial charge on any atom is -0.490 e. The maximum atomic E-state index is 13.1. The molecule has 0 saturated carbocycles. The van der Waals surface area contributed by atoms with Crippen LogP contribution in [-0.2, 0) is 16.1 Å². The minimum atomic E-state index is -0.542. The average Bonchev–Trinajstić information content (AvgIpc) is 3.17. The van der Waals surface area contributed by atoms with Crippen LogP contribution in [0.1, 0.15) is 18.1 Å². The van der Waals surface area contributed by atoms with E-state index >= 15 is 0 Å². The Morgan fingerprint density at radius 1 is 1.15 bits per heavy atom. The lowest BCUT2D eigenvalue weighted by molar-refractivity contribution is -0.384. The number of non-ortho nitro benzene ring substituents is 1. The first kappa shape index (κ1) is 29.0. The van der Waals surface area contributed by atoms with E-state index in [0.717, 1.165) is 16.7 Å². The zero-order valence-electron chi connectivity index (χ0n) is 20.9. The van der Waals surface area contributed by atoms with Crippen LogP contribution < -0.4 is 14.8 Å². The van der Waals surface area contributed by atoms with Gasteiger partial charge in [0.1, 0.15) is 5.82 Å². The molecule has 0 aromatic heterocycles. The molecule has 1 aliphatic rings. The molecule has 4 rings (SSSR count). The van der Waals surface area contributed by atoms with Crippen LogP contribution >= 0.6 is 34.4 Å². The first-order chi connectivity index (χ1) is 19.1. The van der Waals surface area contributed by atoms with Gasteiger partial charge in [-0.05, 0) is 94.9 Å². The summed E-state index contributed by atoms with van der Waals surface area (Å²) in [7, 11) is 0. The number of halogens is 2. The van der Waals surface area contributed by atoms with Crippen LogP contribution in [0, 0.1) is 19.5 Å². The molecule has 1 N–H and O–H groups in total. The van der Waals surface area contributed by atoms with Crippen LogP contribution in [0.5, 0.6) is 11.5 Å². The van der Waals surface area contributed by atoms with E-state index in [9.17, 15) is 28.9 Å². The summed E-state index contributed by atoms with van der Waals surface area (Å²) in [4.78, 5) is 49.7. The smallest absolute Gasteiger partial charge is 0.293 e. The third-order valence-electron chi connectivity index (χ3n) is 5.44. The highest BCUT2D eigenvalue weighted by Gasteiger charge is 2.35. The van der Waals surface area contributed by atoms with Crippen molar-refractivity contribution in [3.8, 4) is 11.5 Å². The Labute approximate surface area is 245 Å². The van der Waals surface area contributed by atoms with E-state index in [4.69, 9.17) is 9.47 Å². The van der Waals surface area contributed by atoms with Crippen molar-refractivity contribution in [2.75, 3.05) is 18.5 Å². The standard InChI is InChI=1S/C27H21FIN3O7S/c1-2-38-22-12-17(11-21(29)25(22)39-15-24(33)30-19-8-6-18(28)7-9-19)13-23-26(34)31(27(35)40-23)14-16-4-3-5-20(10-16)32(36)37/h3-13H,2,14-15H2,1H3,(H,30,33)/b23-13+. The van der Waals surface area contributed by atoms with Crippen molar-refractivity contribution in [3.63, 3.8) is 0 Å². The molecule has 0 aliphatic carbocycles. The van der Waals surface area contributed by atoms with E-state index in [2.05, 4.69) is 5.32 Å². The summed E-state index contributed by atoms with van der Waals surface area (Å²) in [6.45, 7) is 1.66. The summed E-state index contributed by atoms with van der Waals surface area (Å²) in [6.07, 6.45) is 1.55. The van der Waals surface area contributed by atoms with Crippen molar-refractivity contribution in [3.05, 3.63) is 96.2 Å². The zero-order valence-corrected chi connectivity index (χ0v) is 23.9. The molecule has 1 fully saturated rings. The predicted octanol–water partition coefficient (Wildman–Crippen LogP) is 5.99. The monoisotopic (exact) mass is 677 g/mol. The molecule has 1 aliphatic heterocycles. The number of thioether (sulfide) groups is 1. The number of anilines is 1. The molecule has 40 heavy (non-hydrogen) atoms. The van der Waals surface area contributed by atoms with Gasteiger partial charge < -0.3 is 14.8 Å². The van der Waals surface area contributed by atoms with Crippen molar-refractivity contribution in [1.82, 2.24) is 4.90 Å². The highest BCUT2D eigenvalue weighted by atomic mass is 127. The molecule has 0 unspecified atom stereocenters. The van der Waals surface area contributed by atoms with E-state index in [-0.39, 0.29) is 23.7 Å². The normalized spacial score (nSPS) is 14.0. The maximum absolute atomic E-state index is 13.1. The van der Waals surface area contributed by atoms with Gasteiger partial charge in [-0.15, -0.1) is 0 Å². The number of nitrogens with zero attached hydrogens (tertiary/aromatic N) is 2. The van der Waals surface area contributed by atoms with Gasteiger partial charge in [-0.1, -0.05) is 12.1 Å². The molecule has 1 heterocycles. The van der Waals surface area contributed by atoms with E-state index in [1.54, 1.807) is 31.2 Å². The number of benzene rings is 3. The van der Waals surface area contributed by atoms with Gasteiger partial charge in [0.25, 0.3) is 22.7 Å². The van der Waals surface area contributed by atoms with Crippen LogP contribution in [0.4, 0.5) is 20.6 Å². The summed E-state index contributed by atoms with van der Waals surface area (Å²) in [5.74, 6) is -0.727. The van der Waals surface area contributed by atoms with Crippen LogP contribution in [-0.4, -0.2) is 40.1 Å². The summed E-state index contributed by atoms with van der Waals surface area (Å²) in [6, 6.07) is 14.4. The summed E-state index contributed by atoms with van der Waals surface area (Å²) in [5, 5.41) is 13.2. The third kappa shape index (κ3) is 7.15. The molecule has 206 valence electrons. The Balaban J connectivity index is 1.49. The summed E-state index contributed by atoms with van der Waals surface area (Å²) >= 11 is 2.78. The Morgan fingerprint density at radius 2 is 1.90 bits per heavy atom. The molecule has 13 heteroatoms. The van der Waals surface area contributed by atoms with Gasteiger partial charge in [-0.2, -0.15) is 0 Å². The second kappa shape index (κ2) is 12.9. The van der Waals surface area contributed by atoms with Gasteiger partial charge in [0.05, 0.1) is 26.6 Å². The van der Waals surface area contributed by atoms with Crippen molar-refractivity contribution in [2.45, 2.75) is 13.5 Å². The number of ether oxygens (including phenoxy) is 2. The number of nitrogens with one attached hydrogen (secondary N) is 1. The molecule has 3 aromatic rings. The van der Waals surface area contributed by atoms with Gasteiger partial charge >= 0.3 is 0 Å². The minimum absolute atomic E-state index is 0.0990. The number of hydrogen-bond acceptors (Lipinski definition) is 8. The fraction of sp³-hybridized carbons (Fsp3) is 0.148. The van der Waals surface area contributed by atoms with Gasteiger partial charge in [-0.3, -0.25) is 29.4 Å². The Bertz CT molecular complexity index is 1510. The fourth-order valence-electron chi connectivity index (χ4n) is 3.68. The maximum Gasteiger partial charge on any atom is 0.293 e. The summed E-state index contributed by atoms with van der Waals surface area (Å²) < 4.78 is 25.1. The summed E-state index contributed by atoms with van der Waals surface area (Å²) in [5.41, 5.74) is 1.31. The lowest BCUT2D eigenvalue weighted by Crippen LogP contribution is -2.27. The van der Waals surface area contributed by atoms with Gasteiger partial charge in [0.2, 0.25) is 0 Å². The van der Waals surface area contributed by atoms with E-state index < -0.39 is 27.8 Å². The van der Waals surface area contributed by atoms with Crippen LogP contribution in [0.15, 0.2) is 65.6 Å². The molecule has 1 saturated heterocycles. The molecule has 3 amide bonds. The molecule has 10 nitrogen and oxygen atoms in total. The first-order valence-corrected chi connectivity index (χ1v) is 13.7. The van der Waals surface area contributed by atoms with Crippen molar-refractivity contribution < 1.29 is 33.2 Å².